The lowest BCUT2D eigenvalue weighted by atomic mass is 9.78. The maximum absolute atomic E-state index is 13.8. The average Bonchev–Trinajstić information content (AvgIpc) is 3.23. The zero-order valence-corrected chi connectivity index (χ0v) is 17.4. The Morgan fingerprint density at radius 3 is 2.87 bits per heavy atom. The number of nitrogens with zero attached hydrogens (tertiary/aromatic N) is 5. The van der Waals surface area contributed by atoms with E-state index in [0.29, 0.717) is 34.2 Å². The fourth-order valence-corrected chi connectivity index (χ4v) is 4.78. The Morgan fingerprint density at radius 2 is 2.03 bits per heavy atom. The van der Waals surface area contributed by atoms with Crippen molar-refractivity contribution in [2.45, 2.75) is 39.2 Å². The van der Waals surface area contributed by atoms with Crippen LogP contribution in [0.5, 0.6) is 5.75 Å². The second-order valence-corrected chi connectivity index (χ2v) is 8.29. The number of benzene rings is 1. The first kappa shape index (κ1) is 18.8. The van der Waals surface area contributed by atoms with Crippen LogP contribution >= 0.6 is 0 Å². The van der Waals surface area contributed by atoms with E-state index in [1.807, 2.05) is 41.1 Å². The molecule has 1 aliphatic rings. The number of hydrogen-bond donors (Lipinski definition) is 0. The molecule has 3 atom stereocenters. The predicted molar refractivity (Wildman–Crippen MR) is 116 cm³/mol. The molecule has 0 unspecified atom stereocenters. The Morgan fingerprint density at radius 1 is 1.17 bits per heavy atom. The zero-order valence-electron chi connectivity index (χ0n) is 17.4. The van der Waals surface area contributed by atoms with Crippen molar-refractivity contribution < 1.29 is 4.74 Å². The monoisotopic (exact) mass is 403 g/mol. The van der Waals surface area contributed by atoms with Gasteiger partial charge in [-0.05, 0) is 36.5 Å². The van der Waals surface area contributed by atoms with Crippen LogP contribution in [-0.2, 0) is 0 Å². The third-order valence-electron chi connectivity index (χ3n) is 6.66. The van der Waals surface area contributed by atoms with Crippen molar-refractivity contribution in [3.8, 4) is 17.0 Å². The van der Waals surface area contributed by atoms with Crippen LogP contribution in [0.25, 0.3) is 27.9 Å². The fourth-order valence-electron chi connectivity index (χ4n) is 4.78. The molecule has 7 nitrogen and oxygen atoms in total. The Bertz CT molecular complexity index is 1290. The Labute approximate surface area is 174 Å². The highest BCUT2D eigenvalue weighted by atomic mass is 16.5. The number of fused-ring (bicyclic) bond motifs is 2. The van der Waals surface area contributed by atoms with Crippen LogP contribution in [0.15, 0.2) is 47.7 Å². The topological polar surface area (TPSA) is 74.3 Å². The Balaban J connectivity index is 1.82. The van der Waals surface area contributed by atoms with E-state index in [1.54, 1.807) is 11.6 Å². The van der Waals surface area contributed by atoms with Crippen molar-refractivity contribution >= 4 is 16.7 Å². The third-order valence-corrected chi connectivity index (χ3v) is 6.66. The molecular formula is C23H25N5O2. The van der Waals surface area contributed by atoms with Crippen molar-refractivity contribution in [3.63, 3.8) is 0 Å². The summed E-state index contributed by atoms with van der Waals surface area (Å²) in [4.78, 5) is 22.7. The van der Waals surface area contributed by atoms with Crippen LogP contribution in [-0.4, -0.2) is 31.3 Å². The Kier molecular flexibility index (Phi) is 4.53. The maximum Gasteiger partial charge on any atom is 0.262 e. The van der Waals surface area contributed by atoms with Gasteiger partial charge in [0.05, 0.1) is 23.7 Å². The van der Waals surface area contributed by atoms with Gasteiger partial charge >= 0.3 is 0 Å². The summed E-state index contributed by atoms with van der Waals surface area (Å²) in [6.45, 7) is 4.54. The standard InChI is InChI=1S/C23H25N5O2/c1-14-6-4-9-19(15(14)2)27-11-10-18-20(22(27)29)21(28-23(26-18)24-13-25-28)16-7-5-8-17(12-16)30-3/h5,7-8,10-15,19H,4,6,9H2,1-3H3/t14-,15+,19+/m0/s1. The van der Waals surface area contributed by atoms with E-state index in [4.69, 9.17) is 4.74 Å². The first-order valence-corrected chi connectivity index (χ1v) is 10.5. The van der Waals surface area contributed by atoms with Crippen LogP contribution in [0.3, 0.4) is 0 Å². The fraction of sp³-hybridized carbons (Fsp3) is 0.391. The van der Waals surface area contributed by atoms with Gasteiger partial charge in [-0.1, -0.05) is 38.8 Å². The van der Waals surface area contributed by atoms with Crippen LogP contribution in [0, 0.1) is 11.8 Å². The molecule has 7 heteroatoms. The number of pyridine rings is 1. The molecule has 1 saturated carbocycles. The minimum Gasteiger partial charge on any atom is -0.497 e. The van der Waals surface area contributed by atoms with E-state index in [1.165, 1.54) is 12.7 Å². The molecule has 3 aromatic heterocycles. The van der Waals surface area contributed by atoms with Crippen LogP contribution < -0.4 is 10.3 Å². The SMILES string of the molecule is COc1cccc(-c2c3c(=O)n([C@@H]4CCC[C@H](C)[C@H]4C)ccc3nc3ncnn23)c1. The number of aromatic nitrogens is 5. The highest BCUT2D eigenvalue weighted by molar-refractivity contribution is 5.93. The quantitative estimate of drug-likeness (QED) is 0.515. The molecule has 0 radical (unpaired) electrons. The molecule has 30 heavy (non-hydrogen) atoms. The van der Waals surface area contributed by atoms with E-state index in [0.717, 1.165) is 24.2 Å². The summed E-state index contributed by atoms with van der Waals surface area (Å²) in [6, 6.07) is 9.79. The molecule has 0 spiro atoms. The maximum atomic E-state index is 13.8. The molecule has 0 amide bonds. The summed E-state index contributed by atoms with van der Waals surface area (Å²) in [6.07, 6.45) is 6.75. The molecule has 3 heterocycles. The molecule has 154 valence electrons. The van der Waals surface area contributed by atoms with E-state index in [2.05, 4.69) is 28.9 Å². The minimum absolute atomic E-state index is 0.0267. The zero-order chi connectivity index (χ0) is 20.8. The van der Waals surface area contributed by atoms with Gasteiger partial charge in [0, 0.05) is 17.8 Å². The predicted octanol–water partition coefficient (Wildman–Crippen LogP) is 4.11. The molecule has 4 aromatic rings. The molecule has 0 bridgehead atoms. The normalized spacial score (nSPS) is 21.9. The lowest BCUT2D eigenvalue weighted by Gasteiger charge is -2.35. The van der Waals surface area contributed by atoms with Gasteiger partial charge in [-0.15, -0.1) is 0 Å². The van der Waals surface area contributed by atoms with Crippen LogP contribution in [0.4, 0.5) is 0 Å². The van der Waals surface area contributed by atoms with Gasteiger partial charge in [-0.2, -0.15) is 14.6 Å². The molecule has 1 fully saturated rings. The lowest BCUT2D eigenvalue weighted by molar-refractivity contribution is 0.183. The highest BCUT2D eigenvalue weighted by Gasteiger charge is 2.30. The van der Waals surface area contributed by atoms with Gasteiger partial charge in [-0.3, -0.25) is 4.79 Å². The summed E-state index contributed by atoms with van der Waals surface area (Å²) >= 11 is 0. The van der Waals surface area contributed by atoms with Gasteiger partial charge in [0.15, 0.2) is 0 Å². The van der Waals surface area contributed by atoms with Crippen molar-refractivity contribution in [2.75, 3.05) is 7.11 Å². The van der Waals surface area contributed by atoms with Gasteiger partial charge in [0.2, 0.25) is 0 Å². The van der Waals surface area contributed by atoms with Gasteiger partial charge in [0.25, 0.3) is 11.3 Å². The first-order valence-electron chi connectivity index (χ1n) is 10.5. The second-order valence-electron chi connectivity index (χ2n) is 8.29. The van der Waals surface area contributed by atoms with Gasteiger partial charge in [-0.25, -0.2) is 4.98 Å². The molecule has 0 saturated heterocycles. The number of hydrogen-bond acceptors (Lipinski definition) is 5. The second kappa shape index (κ2) is 7.23. The van der Waals surface area contributed by atoms with Gasteiger partial charge in [0.1, 0.15) is 12.1 Å². The third kappa shape index (κ3) is 2.88. The van der Waals surface area contributed by atoms with E-state index >= 15 is 0 Å². The van der Waals surface area contributed by atoms with E-state index in [9.17, 15) is 4.79 Å². The summed E-state index contributed by atoms with van der Waals surface area (Å²) in [5.74, 6) is 2.23. The smallest absolute Gasteiger partial charge is 0.262 e. The summed E-state index contributed by atoms with van der Waals surface area (Å²) < 4.78 is 8.97. The lowest BCUT2D eigenvalue weighted by Crippen LogP contribution is -2.33. The van der Waals surface area contributed by atoms with Gasteiger partial charge < -0.3 is 9.30 Å². The van der Waals surface area contributed by atoms with Crippen molar-refractivity contribution in [1.29, 1.82) is 0 Å². The number of methoxy groups -OCH3 is 1. The van der Waals surface area contributed by atoms with Crippen molar-refractivity contribution in [2.24, 2.45) is 11.8 Å². The van der Waals surface area contributed by atoms with Crippen LogP contribution in [0.2, 0.25) is 0 Å². The molecule has 0 N–H and O–H groups in total. The Hall–Kier alpha value is -3.22. The first-order chi connectivity index (χ1) is 14.6. The van der Waals surface area contributed by atoms with Crippen molar-refractivity contribution in [3.05, 3.63) is 53.2 Å². The summed E-state index contributed by atoms with van der Waals surface area (Å²) in [7, 11) is 1.63. The molecule has 5 rings (SSSR count). The van der Waals surface area contributed by atoms with E-state index in [-0.39, 0.29) is 11.6 Å². The molecule has 1 aromatic carbocycles. The highest BCUT2D eigenvalue weighted by Crippen LogP contribution is 2.37. The largest absolute Gasteiger partial charge is 0.497 e. The van der Waals surface area contributed by atoms with Crippen LogP contribution in [0.1, 0.15) is 39.2 Å². The molecular weight excluding hydrogens is 378 g/mol. The number of ether oxygens (including phenoxy) is 1. The summed E-state index contributed by atoms with van der Waals surface area (Å²) in [5, 5.41) is 4.93. The number of rotatable bonds is 3. The molecule has 1 aliphatic carbocycles. The van der Waals surface area contributed by atoms with Crippen molar-refractivity contribution in [1.82, 2.24) is 24.1 Å². The molecule has 0 aliphatic heterocycles. The average molecular weight is 403 g/mol. The van der Waals surface area contributed by atoms with E-state index < -0.39 is 0 Å². The summed E-state index contributed by atoms with van der Waals surface area (Å²) in [5.41, 5.74) is 2.15. The minimum atomic E-state index is -0.0267.